The molecule has 0 spiro atoms. The molecule has 1 aromatic carbocycles. The fourth-order valence-corrected chi connectivity index (χ4v) is 3.08. The maximum Gasteiger partial charge on any atom is 0.0551 e. The van der Waals surface area contributed by atoms with Crippen LogP contribution in [-0.2, 0) is 4.74 Å². The van der Waals surface area contributed by atoms with Crippen molar-refractivity contribution < 1.29 is 4.74 Å². The molecule has 19 heavy (non-hydrogen) atoms. The molecule has 1 N–H and O–H groups in total. The molecule has 0 aliphatic carbocycles. The molecular weight excluding hydrogens is 281 g/mol. The van der Waals surface area contributed by atoms with E-state index in [2.05, 4.69) is 19.2 Å². The van der Waals surface area contributed by atoms with E-state index in [1.807, 2.05) is 18.2 Å². The zero-order valence-electron chi connectivity index (χ0n) is 11.5. The van der Waals surface area contributed by atoms with Gasteiger partial charge in [0.2, 0.25) is 0 Å². The van der Waals surface area contributed by atoms with E-state index in [4.69, 9.17) is 27.9 Å². The van der Waals surface area contributed by atoms with Crippen LogP contribution in [0.2, 0.25) is 10.0 Å². The predicted molar refractivity (Wildman–Crippen MR) is 81.0 cm³/mol. The number of rotatable bonds is 5. The van der Waals surface area contributed by atoms with E-state index >= 15 is 0 Å². The molecule has 0 aromatic heterocycles. The average molecular weight is 302 g/mol. The number of halogens is 2. The van der Waals surface area contributed by atoms with Crippen LogP contribution in [0.1, 0.15) is 38.3 Å². The molecule has 0 radical (unpaired) electrons. The third-order valence-corrected chi connectivity index (χ3v) is 4.19. The highest BCUT2D eigenvalue weighted by Gasteiger charge is 2.31. The van der Waals surface area contributed by atoms with Crippen LogP contribution in [-0.4, -0.2) is 19.3 Å². The predicted octanol–water partition coefficient (Wildman–Crippen LogP) is 4.46. The van der Waals surface area contributed by atoms with Crippen LogP contribution < -0.4 is 5.32 Å². The second-order valence-electron chi connectivity index (χ2n) is 5.24. The molecule has 106 valence electrons. The lowest BCUT2D eigenvalue weighted by Gasteiger charge is -2.25. The van der Waals surface area contributed by atoms with Gasteiger partial charge in [-0.3, -0.25) is 0 Å². The zero-order valence-corrected chi connectivity index (χ0v) is 13.0. The molecule has 3 atom stereocenters. The number of benzene rings is 1. The summed E-state index contributed by atoms with van der Waals surface area (Å²) >= 11 is 12.5. The van der Waals surface area contributed by atoms with E-state index in [-0.39, 0.29) is 6.04 Å². The quantitative estimate of drug-likeness (QED) is 0.867. The maximum absolute atomic E-state index is 6.35. The van der Waals surface area contributed by atoms with Gasteiger partial charge in [0.05, 0.1) is 12.7 Å². The van der Waals surface area contributed by atoms with Crippen molar-refractivity contribution in [2.75, 3.05) is 13.2 Å². The number of hydrogen-bond donors (Lipinski definition) is 1. The summed E-state index contributed by atoms with van der Waals surface area (Å²) in [7, 11) is 0. The van der Waals surface area contributed by atoms with Gasteiger partial charge in [-0.1, -0.05) is 30.1 Å². The third kappa shape index (κ3) is 3.85. The Morgan fingerprint density at radius 2 is 2.21 bits per heavy atom. The van der Waals surface area contributed by atoms with Gasteiger partial charge in [-0.15, -0.1) is 0 Å². The molecule has 0 saturated carbocycles. The Morgan fingerprint density at radius 3 is 2.84 bits per heavy atom. The van der Waals surface area contributed by atoms with Crippen molar-refractivity contribution in [3.8, 4) is 0 Å². The van der Waals surface area contributed by atoms with E-state index in [0.29, 0.717) is 12.0 Å². The smallest absolute Gasteiger partial charge is 0.0551 e. The number of hydrogen-bond acceptors (Lipinski definition) is 2. The Kier molecular flexibility index (Phi) is 5.52. The topological polar surface area (TPSA) is 21.3 Å². The molecule has 0 bridgehead atoms. The Labute approximate surface area is 125 Å². The fraction of sp³-hybridized carbons (Fsp3) is 0.600. The van der Waals surface area contributed by atoms with E-state index in [1.54, 1.807) is 0 Å². The molecular formula is C15H21Cl2NO. The fourth-order valence-electron chi connectivity index (χ4n) is 2.67. The second kappa shape index (κ2) is 6.94. The van der Waals surface area contributed by atoms with Crippen LogP contribution in [0, 0.1) is 5.92 Å². The molecule has 3 unspecified atom stereocenters. The van der Waals surface area contributed by atoms with Gasteiger partial charge in [-0.25, -0.2) is 0 Å². The van der Waals surface area contributed by atoms with Crippen molar-refractivity contribution in [3.05, 3.63) is 33.8 Å². The first kappa shape index (κ1) is 15.1. The lowest BCUT2D eigenvalue weighted by Crippen LogP contribution is -2.29. The molecule has 1 aliphatic rings. The highest BCUT2D eigenvalue weighted by atomic mass is 35.5. The standard InChI is InChI=1S/C15H21Cl2NO/c1-3-6-18-15(11-7-10(2)19-9-11)13-8-12(16)4-5-14(13)17/h4-5,8,10-11,15,18H,3,6-7,9H2,1-2H3. The number of ether oxygens (including phenoxy) is 1. The van der Waals surface area contributed by atoms with Crippen molar-refractivity contribution in [3.63, 3.8) is 0 Å². The highest BCUT2D eigenvalue weighted by molar-refractivity contribution is 6.33. The molecule has 1 fully saturated rings. The van der Waals surface area contributed by atoms with Crippen molar-refractivity contribution in [1.29, 1.82) is 0 Å². The van der Waals surface area contributed by atoms with E-state index in [9.17, 15) is 0 Å². The van der Waals surface area contributed by atoms with Crippen molar-refractivity contribution in [2.24, 2.45) is 5.92 Å². The van der Waals surface area contributed by atoms with Crippen LogP contribution in [0.3, 0.4) is 0 Å². The SMILES string of the molecule is CCCNC(c1cc(Cl)ccc1Cl)C1COC(C)C1. The van der Waals surface area contributed by atoms with Gasteiger partial charge in [0.25, 0.3) is 0 Å². The Balaban J connectivity index is 2.23. The monoisotopic (exact) mass is 301 g/mol. The summed E-state index contributed by atoms with van der Waals surface area (Å²) in [6.07, 6.45) is 2.48. The Bertz CT molecular complexity index is 425. The summed E-state index contributed by atoms with van der Waals surface area (Å²) in [5.74, 6) is 0.456. The minimum atomic E-state index is 0.219. The molecule has 1 aromatic rings. The normalized spacial score (nSPS) is 24.6. The van der Waals surface area contributed by atoms with E-state index in [1.165, 1.54) is 0 Å². The van der Waals surface area contributed by atoms with Crippen LogP contribution in [0.25, 0.3) is 0 Å². The van der Waals surface area contributed by atoms with Gasteiger partial charge in [0.1, 0.15) is 0 Å². The van der Waals surface area contributed by atoms with Crippen molar-refractivity contribution >= 4 is 23.2 Å². The van der Waals surface area contributed by atoms with Crippen molar-refractivity contribution in [2.45, 2.75) is 38.8 Å². The van der Waals surface area contributed by atoms with Gasteiger partial charge in [0.15, 0.2) is 0 Å². The summed E-state index contributed by atoms with van der Waals surface area (Å²) in [5.41, 5.74) is 1.09. The summed E-state index contributed by atoms with van der Waals surface area (Å²) in [5, 5.41) is 5.10. The first-order valence-corrected chi connectivity index (χ1v) is 7.67. The Morgan fingerprint density at radius 1 is 1.42 bits per heavy atom. The summed E-state index contributed by atoms with van der Waals surface area (Å²) in [6.45, 7) is 6.04. The minimum absolute atomic E-state index is 0.219. The summed E-state index contributed by atoms with van der Waals surface area (Å²) in [4.78, 5) is 0. The minimum Gasteiger partial charge on any atom is -0.378 e. The largest absolute Gasteiger partial charge is 0.378 e. The summed E-state index contributed by atoms with van der Waals surface area (Å²) < 4.78 is 5.70. The number of nitrogens with one attached hydrogen (secondary N) is 1. The first-order valence-electron chi connectivity index (χ1n) is 6.91. The van der Waals surface area contributed by atoms with Crippen molar-refractivity contribution in [1.82, 2.24) is 5.32 Å². The molecule has 4 heteroatoms. The third-order valence-electron chi connectivity index (χ3n) is 3.61. The van der Waals surface area contributed by atoms with Gasteiger partial charge in [-0.2, -0.15) is 0 Å². The van der Waals surface area contributed by atoms with E-state index in [0.717, 1.165) is 41.6 Å². The molecule has 1 saturated heterocycles. The molecule has 2 nitrogen and oxygen atoms in total. The van der Waals surface area contributed by atoms with Crippen LogP contribution in [0.15, 0.2) is 18.2 Å². The van der Waals surface area contributed by atoms with Gasteiger partial charge in [-0.05, 0) is 50.1 Å². The highest BCUT2D eigenvalue weighted by Crippen LogP contribution is 2.36. The second-order valence-corrected chi connectivity index (χ2v) is 6.08. The zero-order chi connectivity index (χ0) is 13.8. The molecule has 1 aliphatic heterocycles. The van der Waals surface area contributed by atoms with Crippen LogP contribution in [0.5, 0.6) is 0 Å². The summed E-state index contributed by atoms with van der Waals surface area (Å²) in [6, 6.07) is 5.90. The molecule has 0 amide bonds. The van der Waals surface area contributed by atoms with Gasteiger partial charge >= 0.3 is 0 Å². The van der Waals surface area contributed by atoms with Crippen LogP contribution in [0.4, 0.5) is 0 Å². The Hall–Kier alpha value is -0.280. The first-order chi connectivity index (χ1) is 9.11. The van der Waals surface area contributed by atoms with Gasteiger partial charge in [0, 0.05) is 22.0 Å². The lowest BCUT2D eigenvalue weighted by atomic mass is 9.91. The van der Waals surface area contributed by atoms with Gasteiger partial charge < -0.3 is 10.1 Å². The van der Waals surface area contributed by atoms with E-state index < -0.39 is 0 Å². The van der Waals surface area contributed by atoms with Crippen LogP contribution >= 0.6 is 23.2 Å². The maximum atomic E-state index is 6.35. The molecule has 1 heterocycles. The molecule has 2 rings (SSSR count). The lowest BCUT2D eigenvalue weighted by molar-refractivity contribution is 0.117. The average Bonchev–Trinajstić information content (AvgIpc) is 2.80.